The van der Waals surface area contributed by atoms with E-state index in [1.54, 1.807) is 0 Å². The van der Waals surface area contributed by atoms with Gasteiger partial charge in [0.1, 0.15) is 8.07 Å². The van der Waals surface area contributed by atoms with Crippen LogP contribution in [-0.4, -0.2) is 18.8 Å². The van der Waals surface area contributed by atoms with Crippen molar-refractivity contribution in [3.8, 4) is 35.1 Å². The Morgan fingerprint density at radius 1 is 0.842 bits per heavy atom. The molecule has 0 saturated carbocycles. The van der Waals surface area contributed by atoms with Crippen molar-refractivity contribution in [2.45, 2.75) is 117 Å². The van der Waals surface area contributed by atoms with Crippen molar-refractivity contribution >= 4 is 13.6 Å². The molecule has 0 spiro atoms. The average Bonchev–Trinajstić information content (AvgIpc) is 2.86. The number of aliphatic hydroxyl groups is 1. The zero-order valence-corrected chi connectivity index (χ0v) is 26.3. The minimum Gasteiger partial charge on any atom is -0.357 e. The van der Waals surface area contributed by atoms with Gasteiger partial charge in [0.15, 0.2) is 0 Å². The van der Waals surface area contributed by atoms with Gasteiger partial charge in [-0.1, -0.05) is 111 Å². The van der Waals surface area contributed by atoms with Gasteiger partial charge in [0.2, 0.25) is 0 Å². The molecule has 1 N–H and O–H groups in total. The van der Waals surface area contributed by atoms with Crippen LogP contribution in [0, 0.1) is 46.5 Å². The quantitative estimate of drug-likeness (QED) is 0.309. The Bertz CT molecular complexity index is 1230. The molecule has 0 heterocycles. The Labute approximate surface area is 234 Å². The lowest BCUT2D eigenvalue weighted by atomic mass is 9.73. The first-order valence-corrected chi connectivity index (χ1v) is 16.8. The molecule has 0 fully saturated rings. The summed E-state index contributed by atoms with van der Waals surface area (Å²) >= 11 is 0. The van der Waals surface area contributed by atoms with Gasteiger partial charge < -0.3 is 5.11 Å². The zero-order valence-electron chi connectivity index (χ0n) is 25.3. The van der Waals surface area contributed by atoms with E-state index in [1.165, 1.54) is 5.56 Å². The van der Waals surface area contributed by atoms with Gasteiger partial charge in [0.05, 0.1) is 0 Å². The molecule has 2 aliphatic carbocycles. The monoisotopic (exact) mass is 524 g/mol. The lowest BCUT2D eigenvalue weighted by Crippen LogP contribution is -2.44. The van der Waals surface area contributed by atoms with Crippen LogP contribution in [0.2, 0.25) is 16.6 Å². The number of rotatable bonds is 3. The Morgan fingerprint density at radius 3 is 2.05 bits per heavy atom. The summed E-state index contributed by atoms with van der Waals surface area (Å²) in [7, 11) is -2.05. The van der Waals surface area contributed by atoms with E-state index in [4.69, 9.17) is 0 Å². The van der Waals surface area contributed by atoms with E-state index >= 15 is 0 Å². The highest BCUT2D eigenvalue weighted by Crippen LogP contribution is 2.41. The SMILES string of the molecule is CC(C)[Si](C#CC(O)(C#CC1=CCC(C(C)(C)C)CC1)C#CC1=CCCc2ccccc21)(C(C)C)C(C)C. The maximum atomic E-state index is 11.9. The number of hydrogen-bond donors (Lipinski definition) is 1. The van der Waals surface area contributed by atoms with Crippen molar-refractivity contribution < 1.29 is 5.11 Å². The second-order valence-electron chi connectivity index (χ2n) is 13.2. The second-order valence-corrected chi connectivity index (χ2v) is 18.8. The third kappa shape index (κ3) is 6.95. The summed E-state index contributed by atoms with van der Waals surface area (Å²) in [5.74, 6) is 16.9. The predicted molar refractivity (Wildman–Crippen MR) is 167 cm³/mol. The molecule has 2 unspecified atom stereocenters. The van der Waals surface area contributed by atoms with Gasteiger partial charge >= 0.3 is 0 Å². The van der Waals surface area contributed by atoms with E-state index in [0.717, 1.165) is 48.8 Å². The van der Waals surface area contributed by atoms with E-state index in [2.05, 4.69) is 134 Å². The number of allylic oxidation sites excluding steroid dienone is 4. The first kappa shape index (κ1) is 30.1. The number of fused-ring (bicyclic) bond motifs is 1. The first-order chi connectivity index (χ1) is 17.8. The molecule has 2 atom stereocenters. The summed E-state index contributed by atoms with van der Waals surface area (Å²) in [6, 6.07) is 8.43. The summed E-state index contributed by atoms with van der Waals surface area (Å²) in [6.45, 7) is 20.7. The molecule has 2 aliphatic rings. The van der Waals surface area contributed by atoms with Crippen LogP contribution in [0.15, 0.2) is 42.0 Å². The molecule has 1 aromatic rings. The highest BCUT2D eigenvalue weighted by molar-refractivity contribution is 6.90. The Morgan fingerprint density at radius 2 is 1.47 bits per heavy atom. The minimum atomic E-state index is -2.05. The van der Waals surface area contributed by atoms with Crippen molar-refractivity contribution in [2.75, 3.05) is 0 Å². The molecule has 3 rings (SSSR count). The summed E-state index contributed by atoms with van der Waals surface area (Å²) in [4.78, 5) is 0. The first-order valence-electron chi connectivity index (χ1n) is 14.6. The van der Waals surface area contributed by atoms with Crippen LogP contribution in [-0.2, 0) is 6.42 Å². The van der Waals surface area contributed by atoms with Crippen molar-refractivity contribution in [1.29, 1.82) is 0 Å². The fourth-order valence-corrected chi connectivity index (χ4v) is 11.7. The van der Waals surface area contributed by atoms with Crippen LogP contribution in [0.3, 0.4) is 0 Å². The normalized spacial score (nSPS) is 19.1. The lowest BCUT2D eigenvalue weighted by molar-refractivity contribution is 0.221. The molecule has 0 bridgehead atoms. The molecule has 0 radical (unpaired) electrons. The van der Waals surface area contributed by atoms with Crippen LogP contribution in [0.25, 0.3) is 5.57 Å². The molecule has 2 heteroatoms. The molecular weight excluding hydrogens is 476 g/mol. The fraction of sp³-hybridized carbons (Fsp3) is 0.556. The van der Waals surface area contributed by atoms with E-state index in [9.17, 15) is 5.11 Å². The number of hydrogen-bond acceptors (Lipinski definition) is 1. The molecule has 0 aromatic heterocycles. The fourth-order valence-electron chi connectivity index (χ4n) is 6.39. The predicted octanol–water partition coefficient (Wildman–Crippen LogP) is 8.75. The topological polar surface area (TPSA) is 20.2 Å². The van der Waals surface area contributed by atoms with Gasteiger partial charge in [-0.15, -0.1) is 5.54 Å². The maximum Gasteiger partial charge on any atom is 0.251 e. The van der Waals surface area contributed by atoms with E-state index in [1.807, 2.05) is 0 Å². The van der Waals surface area contributed by atoms with Crippen LogP contribution >= 0.6 is 0 Å². The van der Waals surface area contributed by atoms with Crippen molar-refractivity contribution in [3.05, 3.63) is 53.1 Å². The lowest BCUT2D eigenvalue weighted by Gasteiger charge is -2.38. The Hall–Kier alpha value is -2.44. The summed E-state index contributed by atoms with van der Waals surface area (Å²) in [5.41, 5.74) is 8.30. The van der Waals surface area contributed by atoms with Gasteiger partial charge in [-0.25, -0.2) is 0 Å². The van der Waals surface area contributed by atoms with Gasteiger partial charge in [-0.05, 0) is 94.5 Å². The summed E-state index contributed by atoms with van der Waals surface area (Å²) < 4.78 is 0. The van der Waals surface area contributed by atoms with Gasteiger partial charge in [0, 0.05) is 5.57 Å². The molecule has 1 nitrogen and oxygen atoms in total. The maximum absolute atomic E-state index is 11.9. The molecular formula is C36H48OSi. The van der Waals surface area contributed by atoms with Crippen LogP contribution in [0.4, 0.5) is 0 Å². The van der Waals surface area contributed by atoms with Crippen molar-refractivity contribution in [1.82, 2.24) is 0 Å². The number of benzene rings is 1. The summed E-state index contributed by atoms with van der Waals surface area (Å²) in [5, 5.41) is 11.9. The average molecular weight is 525 g/mol. The van der Waals surface area contributed by atoms with E-state index < -0.39 is 13.7 Å². The Balaban J connectivity index is 2.06. The molecule has 0 aliphatic heterocycles. The van der Waals surface area contributed by atoms with Crippen LogP contribution < -0.4 is 0 Å². The molecule has 0 amide bonds. The highest BCUT2D eigenvalue weighted by Gasteiger charge is 2.42. The highest BCUT2D eigenvalue weighted by atomic mass is 28.3. The van der Waals surface area contributed by atoms with E-state index in [-0.39, 0.29) is 0 Å². The Kier molecular flexibility index (Phi) is 9.64. The van der Waals surface area contributed by atoms with Crippen molar-refractivity contribution in [2.24, 2.45) is 11.3 Å². The van der Waals surface area contributed by atoms with Crippen molar-refractivity contribution in [3.63, 3.8) is 0 Å². The van der Waals surface area contributed by atoms with Gasteiger partial charge in [-0.3, -0.25) is 0 Å². The molecule has 202 valence electrons. The number of aryl methyl sites for hydroxylation is 1. The molecule has 1 aromatic carbocycles. The van der Waals surface area contributed by atoms with Crippen LogP contribution in [0.1, 0.15) is 99.1 Å². The standard InChI is InChI=1S/C36H48OSi/c1-27(2)38(28(3)4,29(5)6)26-25-36(37,23-21-30-17-19-33(20-18-30)35(7,8)9)24-22-32-15-12-14-31-13-10-11-16-34(31)32/h10-11,13,15-17,27-29,33,37H,12,14,18-20H2,1-9H3. The van der Waals surface area contributed by atoms with Gasteiger partial charge in [0.25, 0.3) is 5.60 Å². The van der Waals surface area contributed by atoms with Crippen LogP contribution in [0.5, 0.6) is 0 Å². The molecule has 0 saturated heterocycles. The second kappa shape index (κ2) is 12.2. The van der Waals surface area contributed by atoms with Gasteiger partial charge in [-0.2, -0.15) is 0 Å². The zero-order chi connectivity index (χ0) is 28.1. The third-order valence-corrected chi connectivity index (χ3v) is 15.1. The largest absolute Gasteiger partial charge is 0.357 e. The minimum absolute atomic E-state index is 0.301. The smallest absolute Gasteiger partial charge is 0.251 e. The molecule has 38 heavy (non-hydrogen) atoms. The van der Waals surface area contributed by atoms with E-state index in [0.29, 0.717) is 28.0 Å². The third-order valence-electron chi connectivity index (χ3n) is 8.81. The summed E-state index contributed by atoms with van der Waals surface area (Å²) in [6.07, 6.45) is 9.56.